The topological polar surface area (TPSA) is 65.6 Å². The first-order valence-electron chi connectivity index (χ1n) is 5.85. The van der Waals surface area contributed by atoms with E-state index in [1.165, 1.54) is 20.0 Å². The van der Waals surface area contributed by atoms with Crippen molar-refractivity contribution >= 4 is 5.97 Å². The van der Waals surface area contributed by atoms with Gasteiger partial charge >= 0.3 is 5.97 Å². The molecular formula is C12H18N2O3. The van der Waals surface area contributed by atoms with Crippen molar-refractivity contribution in [3.8, 4) is 0 Å². The summed E-state index contributed by atoms with van der Waals surface area (Å²) in [5, 5.41) is 9.00. The van der Waals surface area contributed by atoms with Crippen LogP contribution in [-0.4, -0.2) is 47.3 Å². The Hall–Kier alpha value is -1.33. The second-order valence-corrected chi connectivity index (χ2v) is 4.34. The molecule has 2 rings (SSSR count). The summed E-state index contributed by atoms with van der Waals surface area (Å²) in [6, 6.07) is 2.40. The van der Waals surface area contributed by atoms with Crippen LogP contribution in [-0.2, 0) is 11.3 Å². The molecule has 1 heterocycles. The molecule has 1 aromatic heterocycles. The van der Waals surface area contributed by atoms with Crippen molar-refractivity contribution in [3.63, 3.8) is 0 Å². The molecule has 5 heteroatoms. The highest BCUT2D eigenvalue weighted by Crippen LogP contribution is 2.28. The molecule has 1 aromatic rings. The van der Waals surface area contributed by atoms with Gasteiger partial charge in [0, 0.05) is 25.3 Å². The van der Waals surface area contributed by atoms with Crippen molar-refractivity contribution in [2.45, 2.75) is 25.4 Å². The number of aliphatic hydroxyl groups is 1. The van der Waals surface area contributed by atoms with Gasteiger partial charge in [0.1, 0.15) is 5.69 Å². The minimum absolute atomic E-state index is 0.171. The summed E-state index contributed by atoms with van der Waals surface area (Å²) in [7, 11) is 1.37. The first-order valence-corrected chi connectivity index (χ1v) is 5.85. The Balaban J connectivity index is 1.97. The molecule has 0 aliphatic heterocycles. The Morgan fingerprint density at radius 2 is 2.41 bits per heavy atom. The van der Waals surface area contributed by atoms with Crippen LogP contribution in [0, 0.1) is 0 Å². The largest absolute Gasteiger partial charge is 0.464 e. The molecule has 0 spiro atoms. The zero-order chi connectivity index (χ0) is 12.3. The quantitative estimate of drug-likeness (QED) is 0.718. The lowest BCUT2D eigenvalue weighted by Gasteiger charge is -2.19. The van der Waals surface area contributed by atoms with Crippen LogP contribution in [0.4, 0.5) is 0 Å². The highest BCUT2D eigenvalue weighted by atomic mass is 16.5. The summed E-state index contributed by atoms with van der Waals surface area (Å²) in [6.45, 7) is 1.62. The zero-order valence-electron chi connectivity index (χ0n) is 9.98. The number of methoxy groups -OCH3 is 1. The highest BCUT2D eigenvalue weighted by Gasteiger charge is 2.28. The van der Waals surface area contributed by atoms with Gasteiger partial charge in [-0.05, 0) is 24.5 Å². The second kappa shape index (κ2) is 5.33. The lowest BCUT2D eigenvalue weighted by molar-refractivity contribution is 0.0594. The van der Waals surface area contributed by atoms with Crippen LogP contribution in [0.3, 0.4) is 0 Å². The normalized spacial score (nSPS) is 15.2. The minimum atomic E-state index is -0.351. The Bertz CT molecular complexity index is 385. The van der Waals surface area contributed by atoms with Gasteiger partial charge in [-0.1, -0.05) is 0 Å². The van der Waals surface area contributed by atoms with Crippen molar-refractivity contribution in [2.75, 3.05) is 20.3 Å². The predicted octanol–water partition coefficient (Wildman–Crippen LogP) is 0.758. The molecule has 0 unspecified atom stereocenters. The van der Waals surface area contributed by atoms with E-state index < -0.39 is 0 Å². The highest BCUT2D eigenvalue weighted by molar-refractivity contribution is 5.87. The van der Waals surface area contributed by atoms with Crippen LogP contribution in [0.2, 0.25) is 0 Å². The van der Waals surface area contributed by atoms with E-state index in [4.69, 9.17) is 5.11 Å². The average molecular weight is 238 g/mol. The predicted molar refractivity (Wildman–Crippen MR) is 62.7 cm³/mol. The van der Waals surface area contributed by atoms with Crippen molar-refractivity contribution in [3.05, 3.63) is 23.5 Å². The van der Waals surface area contributed by atoms with Crippen LogP contribution >= 0.6 is 0 Å². The smallest absolute Gasteiger partial charge is 0.354 e. The third-order valence-corrected chi connectivity index (χ3v) is 2.98. The first kappa shape index (κ1) is 12.1. The van der Waals surface area contributed by atoms with Gasteiger partial charge in [-0.3, -0.25) is 4.90 Å². The number of H-pyrrole nitrogens is 1. The van der Waals surface area contributed by atoms with Crippen molar-refractivity contribution in [1.82, 2.24) is 9.88 Å². The van der Waals surface area contributed by atoms with E-state index in [2.05, 4.69) is 14.6 Å². The standard InChI is InChI=1S/C12H18N2O3/c1-17-12(16)11-6-9(7-13-11)8-14(4-5-15)10-2-3-10/h6-7,10,13,15H,2-5,8H2,1H3. The van der Waals surface area contributed by atoms with E-state index in [-0.39, 0.29) is 12.6 Å². The molecule has 0 amide bonds. The van der Waals surface area contributed by atoms with E-state index in [0.717, 1.165) is 12.1 Å². The molecule has 0 radical (unpaired) electrons. The number of hydrogen-bond acceptors (Lipinski definition) is 4. The summed E-state index contributed by atoms with van der Waals surface area (Å²) >= 11 is 0. The summed E-state index contributed by atoms with van der Waals surface area (Å²) in [5.41, 5.74) is 1.52. The Morgan fingerprint density at radius 3 is 3.00 bits per heavy atom. The number of rotatable bonds is 6. The molecule has 0 bridgehead atoms. The van der Waals surface area contributed by atoms with E-state index in [1.807, 2.05) is 6.20 Å². The maximum Gasteiger partial charge on any atom is 0.354 e. The van der Waals surface area contributed by atoms with Crippen LogP contribution in [0.1, 0.15) is 28.9 Å². The molecule has 1 aliphatic carbocycles. The second-order valence-electron chi connectivity index (χ2n) is 4.34. The van der Waals surface area contributed by atoms with Gasteiger partial charge in [0.25, 0.3) is 0 Å². The molecule has 1 saturated carbocycles. The van der Waals surface area contributed by atoms with Gasteiger partial charge in [0.2, 0.25) is 0 Å². The molecule has 0 aromatic carbocycles. The number of aromatic nitrogens is 1. The van der Waals surface area contributed by atoms with Crippen molar-refractivity contribution in [1.29, 1.82) is 0 Å². The zero-order valence-corrected chi connectivity index (χ0v) is 9.98. The van der Waals surface area contributed by atoms with Crippen molar-refractivity contribution < 1.29 is 14.6 Å². The molecule has 94 valence electrons. The molecule has 1 fully saturated rings. The number of carbonyl (C=O) groups is 1. The number of hydrogen-bond donors (Lipinski definition) is 2. The van der Waals surface area contributed by atoms with Crippen LogP contribution in [0.15, 0.2) is 12.3 Å². The van der Waals surface area contributed by atoms with Crippen LogP contribution < -0.4 is 0 Å². The number of aliphatic hydroxyl groups excluding tert-OH is 1. The lowest BCUT2D eigenvalue weighted by atomic mass is 10.2. The monoisotopic (exact) mass is 238 g/mol. The lowest BCUT2D eigenvalue weighted by Crippen LogP contribution is -2.28. The van der Waals surface area contributed by atoms with Gasteiger partial charge in [-0.15, -0.1) is 0 Å². The summed E-state index contributed by atoms with van der Waals surface area (Å²) in [5.74, 6) is -0.351. The van der Waals surface area contributed by atoms with Gasteiger partial charge in [-0.25, -0.2) is 4.79 Å². The number of aromatic amines is 1. The molecule has 0 atom stereocenters. The third-order valence-electron chi connectivity index (χ3n) is 2.98. The molecule has 0 saturated heterocycles. The molecule has 1 aliphatic rings. The van der Waals surface area contributed by atoms with Gasteiger partial charge in [0.15, 0.2) is 0 Å². The van der Waals surface area contributed by atoms with E-state index >= 15 is 0 Å². The average Bonchev–Trinajstić information content (AvgIpc) is 3.08. The first-order chi connectivity index (χ1) is 8.24. The number of carbonyl (C=O) groups excluding carboxylic acids is 1. The van der Waals surface area contributed by atoms with E-state index in [9.17, 15) is 4.79 Å². The summed E-state index contributed by atoms with van der Waals surface area (Å²) < 4.78 is 4.64. The molecule has 5 nitrogen and oxygen atoms in total. The number of ether oxygens (including phenoxy) is 1. The fourth-order valence-electron chi connectivity index (χ4n) is 1.95. The third kappa shape index (κ3) is 3.08. The number of nitrogens with zero attached hydrogens (tertiary/aromatic N) is 1. The molecule has 2 N–H and O–H groups in total. The number of esters is 1. The minimum Gasteiger partial charge on any atom is -0.464 e. The Kier molecular flexibility index (Phi) is 3.81. The van der Waals surface area contributed by atoms with Gasteiger partial charge < -0.3 is 14.8 Å². The van der Waals surface area contributed by atoms with Crippen LogP contribution in [0.5, 0.6) is 0 Å². The maximum absolute atomic E-state index is 11.3. The maximum atomic E-state index is 11.3. The summed E-state index contributed by atoms with van der Waals surface area (Å²) in [6.07, 6.45) is 4.22. The fraction of sp³-hybridized carbons (Fsp3) is 0.583. The van der Waals surface area contributed by atoms with Crippen molar-refractivity contribution in [2.24, 2.45) is 0 Å². The fourth-order valence-corrected chi connectivity index (χ4v) is 1.95. The Labute approximate surface area is 100 Å². The molecule has 17 heavy (non-hydrogen) atoms. The van der Waals surface area contributed by atoms with E-state index in [1.54, 1.807) is 6.07 Å². The Morgan fingerprint density at radius 1 is 1.65 bits per heavy atom. The van der Waals surface area contributed by atoms with Crippen LogP contribution in [0.25, 0.3) is 0 Å². The van der Waals surface area contributed by atoms with Gasteiger partial charge in [-0.2, -0.15) is 0 Å². The van der Waals surface area contributed by atoms with Gasteiger partial charge in [0.05, 0.1) is 13.7 Å². The molecular weight excluding hydrogens is 220 g/mol. The summed E-state index contributed by atoms with van der Waals surface area (Å²) in [4.78, 5) is 16.4. The number of nitrogens with one attached hydrogen (secondary N) is 1. The SMILES string of the molecule is COC(=O)c1cc(CN(CCO)C2CC2)c[nH]1. The van der Waals surface area contributed by atoms with E-state index in [0.29, 0.717) is 18.3 Å².